The molecule has 0 N–H and O–H groups in total. The van der Waals surface area contributed by atoms with Gasteiger partial charge in [-0.15, -0.1) is 0 Å². The molecular formula is C22H28N4O3. The smallest absolute Gasteiger partial charge is 0.254 e. The minimum atomic E-state index is 0.0166. The molecule has 1 atom stereocenters. The van der Waals surface area contributed by atoms with Gasteiger partial charge in [0.1, 0.15) is 5.75 Å². The molecule has 0 unspecified atom stereocenters. The highest BCUT2D eigenvalue weighted by Gasteiger charge is 2.31. The molecule has 2 saturated heterocycles. The van der Waals surface area contributed by atoms with Crippen LogP contribution in [-0.2, 0) is 0 Å². The SMILES string of the molecule is COc1ccccc1N1CCN([C@@H]2CCCN(C(=O)c3cc[n+]([O-])cc3)C2)CC1. The van der Waals surface area contributed by atoms with E-state index in [2.05, 4.69) is 15.9 Å². The number of para-hydroxylation sites is 2. The van der Waals surface area contributed by atoms with Crippen molar-refractivity contribution in [2.24, 2.45) is 0 Å². The highest BCUT2D eigenvalue weighted by atomic mass is 16.5. The number of likely N-dealkylation sites (tertiary alicyclic amines) is 1. The van der Waals surface area contributed by atoms with Crippen LogP contribution in [0.2, 0.25) is 0 Å². The second-order valence-corrected chi connectivity index (χ2v) is 7.69. The number of hydrogen-bond donors (Lipinski definition) is 0. The fourth-order valence-corrected chi connectivity index (χ4v) is 4.39. The largest absolute Gasteiger partial charge is 0.619 e. The van der Waals surface area contributed by atoms with E-state index in [9.17, 15) is 10.0 Å². The summed E-state index contributed by atoms with van der Waals surface area (Å²) in [6, 6.07) is 11.8. The van der Waals surface area contributed by atoms with Crippen molar-refractivity contribution in [3.8, 4) is 5.75 Å². The number of ether oxygens (including phenoxy) is 1. The molecule has 2 aromatic rings. The van der Waals surface area contributed by atoms with Gasteiger partial charge in [0.25, 0.3) is 5.91 Å². The van der Waals surface area contributed by atoms with E-state index in [1.165, 1.54) is 12.4 Å². The van der Waals surface area contributed by atoms with Crippen molar-refractivity contribution < 1.29 is 14.3 Å². The molecule has 7 nitrogen and oxygen atoms in total. The van der Waals surface area contributed by atoms with Gasteiger partial charge in [-0.3, -0.25) is 9.69 Å². The van der Waals surface area contributed by atoms with Crippen LogP contribution in [0.15, 0.2) is 48.8 Å². The van der Waals surface area contributed by atoms with Gasteiger partial charge in [-0.05, 0) is 25.0 Å². The second-order valence-electron chi connectivity index (χ2n) is 7.69. The Labute approximate surface area is 171 Å². The molecule has 0 bridgehead atoms. The Hall–Kier alpha value is -2.80. The molecule has 1 aromatic heterocycles. The minimum Gasteiger partial charge on any atom is -0.619 e. The van der Waals surface area contributed by atoms with E-state index in [4.69, 9.17) is 4.74 Å². The Balaban J connectivity index is 1.36. The van der Waals surface area contributed by atoms with Crippen LogP contribution in [0, 0.1) is 5.21 Å². The van der Waals surface area contributed by atoms with Crippen LogP contribution in [0.3, 0.4) is 0 Å². The summed E-state index contributed by atoms with van der Waals surface area (Å²) in [6.07, 6.45) is 4.89. The van der Waals surface area contributed by atoms with Crippen molar-refractivity contribution in [1.82, 2.24) is 9.80 Å². The number of benzene rings is 1. The lowest BCUT2D eigenvalue weighted by Crippen LogP contribution is -2.56. The lowest BCUT2D eigenvalue weighted by atomic mass is 10.0. The second kappa shape index (κ2) is 8.69. The van der Waals surface area contributed by atoms with Gasteiger partial charge in [0.15, 0.2) is 12.4 Å². The fraction of sp³-hybridized carbons (Fsp3) is 0.455. The van der Waals surface area contributed by atoms with Crippen LogP contribution < -0.4 is 14.4 Å². The van der Waals surface area contributed by atoms with Crippen LogP contribution in [-0.4, -0.2) is 68.1 Å². The molecule has 3 heterocycles. The number of hydrogen-bond acceptors (Lipinski definition) is 5. The van der Waals surface area contributed by atoms with Crippen LogP contribution >= 0.6 is 0 Å². The lowest BCUT2D eigenvalue weighted by Gasteiger charge is -2.44. The standard InChI is InChI=1S/C22H28N4O3/c1-29-21-7-3-2-6-20(21)24-15-13-23(14-16-24)19-5-4-10-25(17-19)22(27)18-8-11-26(28)12-9-18/h2-3,6-9,11-12,19H,4-5,10,13-17H2,1H3/t19-/m1/s1. The molecule has 29 heavy (non-hydrogen) atoms. The van der Waals surface area contributed by atoms with Gasteiger partial charge >= 0.3 is 0 Å². The summed E-state index contributed by atoms with van der Waals surface area (Å²) < 4.78 is 6.22. The Kier molecular flexibility index (Phi) is 5.85. The van der Waals surface area contributed by atoms with Crippen molar-refractivity contribution in [3.05, 3.63) is 59.6 Å². The summed E-state index contributed by atoms with van der Waals surface area (Å²) in [4.78, 5) is 19.7. The van der Waals surface area contributed by atoms with Crippen molar-refractivity contribution in [2.45, 2.75) is 18.9 Å². The number of rotatable bonds is 4. The summed E-state index contributed by atoms with van der Waals surface area (Å²) in [5, 5.41) is 11.2. The highest BCUT2D eigenvalue weighted by molar-refractivity contribution is 5.94. The average molecular weight is 396 g/mol. The third-order valence-electron chi connectivity index (χ3n) is 5.99. The highest BCUT2D eigenvalue weighted by Crippen LogP contribution is 2.29. The number of piperidine rings is 1. The Morgan fingerprint density at radius 2 is 1.79 bits per heavy atom. The van der Waals surface area contributed by atoms with Crippen molar-refractivity contribution >= 4 is 11.6 Å². The molecule has 2 aliphatic rings. The molecular weight excluding hydrogens is 368 g/mol. The fourth-order valence-electron chi connectivity index (χ4n) is 4.39. The van der Waals surface area contributed by atoms with E-state index in [1.54, 1.807) is 19.2 Å². The van der Waals surface area contributed by atoms with Crippen LogP contribution in [0.25, 0.3) is 0 Å². The van der Waals surface area contributed by atoms with Crippen LogP contribution in [0.4, 0.5) is 5.69 Å². The van der Waals surface area contributed by atoms with E-state index >= 15 is 0 Å². The number of carbonyl (C=O) groups is 1. The molecule has 1 aromatic carbocycles. The summed E-state index contributed by atoms with van der Waals surface area (Å²) in [5.74, 6) is 0.931. The third-order valence-corrected chi connectivity index (χ3v) is 5.99. The Bertz CT molecular complexity index is 834. The lowest BCUT2D eigenvalue weighted by molar-refractivity contribution is -0.605. The van der Waals surface area contributed by atoms with Gasteiger partial charge in [-0.2, -0.15) is 4.73 Å². The third kappa shape index (κ3) is 4.29. The quantitative estimate of drug-likeness (QED) is 0.582. The molecule has 0 saturated carbocycles. The first-order valence-electron chi connectivity index (χ1n) is 10.3. The predicted octanol–water partition coefficient (Wildman–Crippen LogP) is 1.76. The van der Waals surface area contributed by atoms with Crippen LogP contribution in [0.1, 0.15) is 23.2 Å². The van der Waals surface area contributed by atoms with Gasteiger partial charge in [0.2, 0.25) is 0 Å². The molecule has 1 amide bonds. The molecule has 4 rings (SSSR count). The zero-order chi connectivity index (χ0) is 20.2. The first-order chi connectivity index (χ1) is 14.2. The number of anilines is 1. The molecule has 2 aliphatic heterocycles. The van der Waals surface area contributed by atoms with Crippen molar-refractivity contribution in [3.63, 3.8) is 0 Å². The first kappa shape index (κ1) is 19.5. The van der Waals surface area contributed by atoms with Gasteiger partial charge in [-0.25, -0.2) is 0 Å². The number of aromatic nitrogens is 1. The maximum Gasteiger partial charge on any atom is 0.254 e. The maximum absolute atomic E-state index is 12.8. The zero-order valence-corrected chi connectivity index (χ0v) is 16.9. The Morgan fingerprint density at radius 1 is 1.07 bits per heavy atom. The zero-order valence-electron chi connectivity index (χ0n) is 16.9. The van der Waals surface area contributed by atoms with Gasteiger partial charge in [-0.1, -0.05) is 12.1 Å². The molecule has 7 heteroatoms. The Morgan fingerprint density at radius 3 is 2.52 bits per heavy atom. The average Bonchev–Trinajstić information content (AvgIpc) is 2.79. The number of methoxy groups -OCH3 is 1. The van der Waals surface area contributed by atoms with E-state index in [-0.39, 0.29) is 5.91 Å². The summed E-state index contributed by atoms with van der Waals surface area (Å²) in [7, 11) is 1.71. The normalized spacial score (nSPS) is 20.5. The summed E-state index contributed by atoms with van der Waals surface area (Å²) in [5.41, 5.74) is 1.73. The van der Waals surface area contributed by atoms with E-state index < -0.39 is 0 Å². The minimum absolute atomic E-state index is 0.0166. The van der Waals surface area contributed by atoms with Crippen molar-refractivity contribution in [2.75, 3.05) is 51.3 Å². The number of pyridine rings is 1. The molecule has 0 spiro atoms. The molecule has 154 valence electrons. The topological polar surface area (TPSA) is 63.0 Å². The number of piperazine rings is 1. The van der Waals surface area contributed by atoms with Gasteiger partial charge in [0.05, 0.1) is 18.4 Å². The first-order valence-corrected chi connectivity index (χ1v) is 10.3. The molecule has 2 fully saturated rings. The predicted molar refractivity (Wildman–Crippen MR) is 111 cm³/mol. The maximum atomic E-state index is 12.8. The van der Waals surface area contributed by atoms with Gasteiger partial charge in [0, 0.05) is 57.4 Å². The summed E-state index contributed by atoms with van der Waals surface area (Å²) in [6.45, 7) is 5.39. The summed E-state index contributed by atoms with van der Waals surface area (Å²) >= 11 is 0. The molecule has 0 aliphatic carbocycles. The monoisotopic (exact) mass is 396 g/mol. The van der Waals surface area contributed by atoms with Gasteiger partial charge < -0.3 is 19.7 Å². The van der Waals surface area contributed by atoms with E-state index in [0.29, 0.717) is 16.3 Å². The number of carbonyl (C=O) groups excluding carboxylic acids is 1. The van der Waals surface area contributed by atoms with E-state index in [0.717, 1.165) is 63.5 Å². The van der Waals surface area contributed by atoms with Crippen LogP contribution in [0.5, 0.6) is 5.75 Å². The van der Waals surface area contributed by atoms with Crippen molar-refractivity contribution in [1.29, 1.82) is 0 Å². The number of nitrogens with zero attached hydrogens (tertiary/aromatic N) is 4. The molecule has 0 radical (unpaired) electrons. The number of amides is 1. The van der Waals surface area contributed by atoms with E-state index in [1.807, 2.05) is 23.1 Å².